The number of likely N-dealkylation sites (tertiary alicyclic amines) is 1. The molecule has 1 aromatic carbocycles. The summed E-state index contributed by atoms with van der Waals surface area (Å²) in [6.45, 7) is 3.08. The summed E-state index contributed by atoms with van der Waals surface area (Å²) in [5.41, 5.74) is 1.17. The molecule has 1 saturated heterocycles. The van der Waals surface area contributed by atoms with Gasteiger partial charge in [-0.3, -0.25) is 4.90 Å². The Morgan fingerprint density at radius 2 is 2.28 bits per heavy atom. The van der Waals surface area contributed by atoms with Crippen molar-refractivity contribution < 1.29 is 4.39 Å². The highest BCUT2D eigenvalue weighted by Gasteiger charge is 2.21. The molecular weight excluding hydrogens is 295 g/mol. The topological polar surface area (TPSA) is 15.3 Å². The van der Waals surface area contributed by atoms with Gasteiger partial charge in [0.2, 0.25) is 0 Å². The highest BCUT2D eigenvalue weighted by molar-refractivity contribution is 9.10. The zero-order valence-corrected chi connectivity index (χ0v) is 12.3. The van der Waals surface area contributed by atoms with Crippen LogP contribution in [0.4, 0.5) is 4.39 Å². The Morgan fingerprint density at radius 1 is 1.44 bits per heavy atom. The van der Waals surface area contributed by atoms with Crippen LogP contribution in [0, 0.1) is 5.82 Å². The standard InChI is InChI=1S/C14H20BrFN2/c1-17-9-12-4-2-3-7-18(12)10-11-5-6-14(16)13(15)8-11/h5-6,8,12,17H,2-4,7,9-10H2,1H3. The summed E-state index contributed by atoms with van der Waals surface area (Å²) < 4.78 is 13.8. The SMILES string of the molecule is CNCC1CCCCN1Cc1ccc(F)c(Br)c1. The molecule has 1 N–H and O–H groups in total. The van der Waals surface area contributed by atoms with Crippen LogP contribution in [-0.2, 0) is 6.54 Å². The molecule has 18 heavy (non-hydrogen) atoms. The summed E-state index contributed by atoms with van der Waals surface area (Å²) in [4.78, 5) is 2.50. The third-order valence-corrected chi connectivity index (χ3v) is 4.17. The minimum absolute atomic E-state index is 0.191. The number of piperidine rings is 1. The summed E-state index contributed by atoms with van der Waals surface area (Å²) in [6.07, 6.45) is 3.84. The fourth-order valence-electron chi connectivity index (χ4n) is 2.61. The average Bonchev–Trinajstić information content (AvgIpc) is 2.37. The van der Waals surface area contributed by atoms with Crippen LogP contribution in [0.1, 0.15) is 24.8 Å². The summed E-state index contributed by atoms with van der Waals surface area (Å²) in [6, 6.07) is 5.91. The molecule has 2 nitrogen and oxygen atoms in total. The van der Waals surface area contributed by atoms with Crippen molar-refractivity contribution in [3.8, 4) is 0 Å². The van der Waals surface area contributed by atoms with Gasteiger partial charge in [-0.25, -0.2) is 4.39 Å². The van der Waals surface area contributed by atoms with Gasteiger partial charge >= 0.3 is 0 Å². The number of nitrogens with one attached hydrogen (secondary N) is 1. The Labute approximate surface area is 117 Å². The fraction of sp³-hybridized carbons (Fsp3) is 0.571. The Morgan fingerprint density at radius 3 is 3.00 bits per heavy atom. The smallest absolute Gasteiger partial charge is 0.137 e. The van der Waals surface area contributed by atoms with E-state index in [-0.39, 0.29) is 5.82 Å². The molecule has 0 aliphatic carbocycles. The van der Waals surface area contributed by atoms with Gasteiger partial charge in [0.1, 0.15) is 5.82 Å². The lowest BCUT2D eigenvalue weighted by atomic mass is 10.0. The van der Waals surface area contributed by atoms with Crippen molar-refractivity contribution in [1.82, 2.24) is 10.2 Å². The predicted octanol–water partition coefficient (Wildman–Crippen LogP) is 3.16. The van der Waals surface area contributed by atoms with Gasteiger partial charge in [-0.05, 0) is 60.1 Å². The first kappa shape index (κ1) is 14.0. The number of hydrogen-bond acceptors (Lipinski definition) is 2. The molecule has 1 aliphatic heterocycles. The fourth-order valence-corrected chi connectivity index (χ4v) is 3.03. The first-order valence-electron chi connectivity index (χ1n) is 6.53. The molecule has 100 valence electrons. The molecule has 2 rings (SSSR count). The van der Waals surface area contributed by atoms with Crippen LogP contribution >= 0.6 is 15.9 Å². The lowest BCUT2D eigenvalue weighted by Gasteiger charge is -2.35. The second-order valence-corrected chi connectivity index (χ2v) is 5.78. The lowest BCUT2D eigenvalue weighted by molar-refractivity contribution is 0.139. The second kappa shape index (κ2) is 6.64. The molecule has 0 radical (unpaired) electrons. The Balaban J connectivity index is 2.03. The van der Waals surface area contributed by atoms with Crippen LogP contribution in [-0.4, -0.2) is 31.1 Å². The minimum Gasteiger partial charge on any atom is -0.318 e. The number of benzene rings is 1. The second-order valence-electron chi connectivity index (χ2n) is 4.93. The normalized spacial score (nSPS) is 21.2. The molecule has 1 heterocycles. The van der Waals surface area contributed by atoms with Crippen LogP contribution in [0.3, 0.4) is 0 Å². The molecule has 0 bridgehead atoms. The highest BCUT2D eigenvalue weighted by Crippen LogP contribution is 2.22. The molecule has 4 heteroatoms. The van der Waals surface area contributed by atoms with E-state index in [4.69, 9.17) is 0 Å². The van der Waals surface area contributed by atoms with E-state index < -0.39 is 0 Å². The van der Waals surface area contributed by atoms with Gasteiger partial charge in [-0.2, -0.15) is 0 Å². The van der Waals surface area contributed by atoms with Crippen LogP contribution in [0.15, 0.2) is 22.7 Å². The zero-order valence-electron chi connectivity index (χ0n) is 10.8. The molecule has 1 fully saturated rings. The third kappa shape index (κ3) is 3.53. The quantitative estimate of drug-likeness (QED) is 0.918. The van der Waals surface area contributed by atoms with Gasteiger partial charge in [0.05, 0.1) is 4.47 Å². The van der Waals surface area contributed by atoms with E-state index >= 15 is 0 Å². The van der Waals surface area contributed by atoms with E-state index in [1.807, 2.05) is 19.2 Å². The van der Waals surface area contributed by atoms with Gasteiger partial charge in [-0.1, -0.05) is 12.5 Å². The number of nitrogens with zero attached hydrogens (tertiary/aromatic N) is 1. The molecule has 1 atom stereocenters. The molecule has 1 unspecified atom stereocenters. The van der Waals surface area contributed by atoms with Crippen molar-refractivity contribution in [1.29, 1.82) is 0 Å². The summed E-state index contributed by atoms with van der Waals surface area (Å²) in [5, 5.41) is 3.26. The van der Waals surface area contributed by atoms with Gasteiger partial charge < -0.3 is 5.32 Å². The van der Waals surface area contributed by atoms with Crippen molar-refractivity contribution in [3.05, 3.63) is 34.1 Å². The van der Waals surface area contributed by atoms with Crippen molar-refractivity contribution in [3.63, 3.8) is 0 Å². The van der Waals surface area contributed by atoms with E-state index in [0.29, 0.717) is 10.5 Å². The monoisotopic (exact) mass is 314 g/mol. The van der Waals surface area contributed by atoms with Crippen molar-refractivity contribution >= 4 is 15.9 Å². The van der Waals surface area contributed by atoms with Gasteiger partial charge in [0.15, 0.2) is 0 Å². The lowest BCUT2D eigenvalue weighted by Crippen LogP contribution is -2.44. The van der Waals surface area contributed by atoms with E-state index in [9.17, 15) is 4.39 Å². The van der Waals surface area contributed by atoms with Crippen molar-refractivity contribution in [2.75, 3.05) is 20.1 Å². The maximum Gasteiger partial charge on any atom is 0.137 e. The Hall–Kier alpha value is -0.450. The number of halogens is 2. The van der Waals surface area contributed by atoms with E-state index in [1.165, 1.54) is 30.9 Å². The molecular formula is C14H20BrFN2. The molecule has 0 spiro atoms. The summed E-state index contributed by atoms with van der Waals surface area (Å²) in [7, 11) is 2.00. The van der Waals surface area contributed by atoms with E-state index in [0.717, 1.165) is 19.6 Å². The molecule has 1 aliphatic rings. The van der Waals surface area contributed by atoms with Crippen LogP contribution in [0.2, 0.25) is 0 Å². The number of hydrogen-bond donors (Lipinski definition) is 1. The molecule has 0 aromatic heterocycles. The number of likely N-dealkylation sites (N-methyl/N-ethyl adjacent to an activating group) is 1. The maximum absolute atomic E-state index is 13.2. The average molecular weight is 315 g/mol. The maximum atomic E-state index is 13.2. The van der Waals surface area contributed by atoms with Gasteiger partial charge in [0.25, 0.3) is 0 Å². The van der Waals surface area contributed by atoms with Crippen molar-refractivity contribution in [2.45, 2.75) is 31.8 Å². The van der Waals surface area contributed by atoms with Crippen LogP contribution in [0.5, 0.6) is 0 Å². The van der Waals surface area contributed by atoms with E-state index in [1.54, 1.807) is 0 Å². The molecule has 1 aromatic rings. The molecule has 0 amide bonds. The Bertz CT molecular complexity index is 395. The van der Waals surface area contributed by atoms with Crippen LogP contribution in [0.25, 0.3) is 0 Å². The predicted molar refractivity (Wildman–Crippen MR) is 76.1 cm³/mol. The minimum atomic E-state index is -0.191. The van der Waals surface area contributed by atoms with E-state index in [2.05, 4.69) is 26.1 Å². The van der Waals surface area contributed by atoms with Crippen molar-refractivity contribution in [2.24, 2.45) is 0 Å². The highest BCUT2D eigenvalue weighted by atomic mass is 79.9. The Kier molecular flexibility index (Phi) is 5.15. The summed E-state index contributed by atoms with van der Waals surface area (Å²) >= 11 is 3.25. The number of rotatable bonds is 4. The van der Waals surface area contributed by atoms with Crippen LogP contribution < -0.4 is 5.32 Å². The third-order valence-electron chi connectivity index (χ3n) is 3.56. The summed E-state index contributed by atoms with van der Waals surface area (Å²) in [5.74, 6) is -0.191. The van der Waals surface area contributed by atoms with Gasteiger partial charge in [-0.15, -0.1) is 0 Å². The zero-order chi connectivity index (χ0) is 13.0. The molecule has 0 saturated carbocycles. The first-order chi connectivity index (χ1) is 8.70. The first-order valence-corrected chi connectivity index (χ1v) is 7.32. The largest absolute Gasteiger partial charge is 0.318 e. The van der Waals surface area contributed by atoms with Gasteiger partial charge in [0, 0.05) is 19.1 Å².